The average molecular weight is 226 g/mol. The van der Waals surface area contributed by atoms with Crippen molar-refractivity contribution in [2.24, 2.45) is 11.1 Å². The number of ether oxygens (including phenoxy) is 1. The third-order valence-electron chi connectivity index (χ3n) is 3.72. The molecule has 4 heteroatoms. The minimum Gasteiger partial charge on any atom is -0.379 e. The van der Waals surface area contributed by atoms with Crippen LogP contribution in [0, 0.1) is 5.41 Å². The van der Waals surface area contributed by atoms with Gasteiger partial charge in [-0.15, -0.1) is 0 Å². The molecular weight excluding hydrogens is 204 g/mol. The Hall–Kier alpha value is -0.610. The van der Waals surface area contributed by atoms with Gasteiger partial charge in [-0.3, -0.25) is 4.79 Å². The maximum atomic E-state index is 12.5. The van der Waals surface area contributed by atoms with Crippen molar-refractivity contribution in [1.29, 1.82) is 0 Å². The van der Waals surface area contributed by atoms with Crippen LogP contribution in [0.3, 0.4) is 0 Å². The average Bonchev–Trinajstić information content (AvgIpc) is 3.03. The molecule has 2 rings (SSSR count). The third kappa shape index (κ3) is 1.96. The van der Waals surface area contributed by atoms with Crippen LogP contribution in [0.2, 0.25) is 0 Å². The van der Waals surface area contributed by atoms with Crippen molar-refractivity contribution < 1.29 is 9.53 Å². The maximum absolute atomic E-state index is 12.5. The molecule has 2 fully saturated rings. The summed E-state index contributed by atoms with van der Waals surface area (Å²) < 4.78 is 5.35. The monoisotopic (exact) mass is 226 g/mol. The van der Waals surface area contributed by atoms with Crippen LogP contribution in [0.5, 0.6) is 0 Å². The van der Waals surface area contributed by atoms with Gasteiger partial charge >= 0.3 is 0 Å². The summed E-state index contributed by atoms with van der Waals surface area (Å²) in [5, 5.41) is 0. The van der Waals surface area contributed by atoms with Crippen LogP contribution in [0.25, 0.3) is 0 Å². The summed E-state index contributed by atoms with van der Waals surface area (Å²) >= 11 is 0. The lowest BCUT2D eigenvalue weighted by Gasteiger charge is -2.33. The van der Waals surface area contributed by atoms with E-state index < -0.39 is 5.41 Å². The van der Waals surface area contributed by atoms with Gasteiger partial charge in [-0.2, -0.15) is 0 Å². The number of hydrogen-bond donors (Lipinski definition) is 1. The van der Waals surface area contributed by atoms with Gasteiger partial charge < -0.3 is 15.4 Å². The van der Waals surface area contributed by atoms with Gasteiger partial charge in [0.05, 0.1) is 18.6 Å². The predicted molar refractivity (Wildman–Crippen MR) is 61.9 cm³/mol. The van der Waals surface area contributed by atoms with E-state index in [9.17, 15) is 4.79 Å². The van der Waals surface area contributed by atoms with E-state index >= 15 is 0 Å². The molecule has 1 saturated carbocycles. The van der Waals surface area contributed by atoms with Gasteiger partial charge in [0.15, 0.2) is 0 Å². The molecule has 1 aliphatic heterocycles. The minimum absolute atomic E-state index is 0.155. The van der Waals surface area contributed by atoms with Crippen LogP contribution in [-0.2, 0) is 9.53 Å². The zero-order chi connectivity index (χ0) is 11.8. The molecule has 2 unspecified atom stereocenters. The van der Waals surface area contributed by atoms with Crippen molar-refractivity contribution in [3.8, 4) is 0 Å². The molecule has 0 aromatic heterocycles. The second-order valence-electron chi connectivity index (χ2n) is 5.27. The van der Waals surface area contributed by atoms with E-state index in [-0.39, 0.29) is 11.9 Å². The molecule has 1 amide bonds. The number of carbonyl (C=O) groups is 1. The normalized spacial score (nSPS) is 34.1. The second-order valence-corrected chi connectivity index (χ2v) is 5.27. The van der Waals surface area contributed by atoms with Crippen molar-refractivity contribution in [1.82, 2.24) is 4.90 Å². The molecule has 4 nitrogen and oxygen atoms in total. The minimum atomic E-state index is -0.502. The van der Waals surface area contributed by atoms with E-state index in [1.165, 1.54) is 0 Å². The molecule has 2 aliphatic rings. The largest absolute Gasteiger partial charge is 0.379 e. The SMILES string of the molecule is CCCN(C(=O)C1(C)COCC1N)C1CC1. The highest BCUT2D eigenvalue weighted by atomic mass is 16.5. The Labute approximate surface area is 97.1 Å². The van der Waals surface area contributed by atoms with Gasteiger partial charge in [-0.05, 0) is 26.2 Å². The molecule has 0 aromatic carbocycles. The summed E-state index contributed by atoms with van der Waals surface area (Å²) in [6, 6.07) is 0.315. The molecule has 0 radical (unpaired) electrons. The van der Waals surface area contributed by atoms with E-state index in [2.05, 4.69) is 6.92 Å². The molecule has 0 spiro atoms. The Morgan fingerprint density at radius 1 is 1.56 bits per heavy atom. The van der Waals surface area contributed by atoms with E-state index in [0.29, 0.717) is 19.3 Å². The fourth-order valence-corrected chi connectivity index (χ4v) is 2.31. The first kappa shape index (κ1) is 11.9. The van der Waals surface area contributed by atoms with Gasteiger partial charge in [0.1, 0.15) is 0 Å². The van der Waals surface area contributed by atoms with E-state index in [1.54, 1.807) is 0 Å². The molecule has 1 heterocycles. The Balaban J connectivity index is 2.09. The number of hydrogen-bond acceptors (Lipinski definition) is 3. The number of nitrogens with zero attached hydrogens (tertiary/aromatic N) is 1. The second kappa shape index (κ2) is 4.34. The number of nitrogens with two attached hydrogens (primary N) is 1. The van der Waals surface area contributed by atoms with E-state index in [0.717, 1.165) is 25.8 Å². The first-order chi connectivity index (χ1) is 7.59. The fraction of sp³-hybridized carbons (Fsp3) is 0.917. The summed E-state index contributed by atoms with van der Waals surface area (Å²) in [7, 11) is 0. The van der Waals surface area contributed by atoms with Crippen molar-refractivity contribution in [3.05, 3.63) is 0 Å². The summed E-state index contributed by atoms with van der Waals surface area (Å²) in [4.78, 5) is 14.5. The van der Waals surface area contributed by atoms with E-state index in [4.69, 9.17) is 10.5 Å². The molecular formula is C12H22N2O2. The Bertz CT molecular complexity index is 278. The van der Waals surface area contributed by atoms with Crippen LogP contribution < -0.4 is 5.73 Å². The van der Waals surface area contributed by atoms with Crippen LogP contribution in [0.1, 0.15) is 33.1 Å². The lowest BCUT2D eigenvalue weighted by atomic mass is 9.84. The Morgan fingerprint density at radius 2 is 2.25 bits per heavy atom. The molecule has 2 atom stereocenters. The summed E-state index contributed by atoms with van der Waals surface area (Å²) in [6.07, 6.45) is 3.31. The van der Waals surface area contributed by atoms with Gasteiger partial charge in [0.25, 0.3) is 0 Å². The highest BCUT2D eigenvalue weighted by Gasteiger charge is 2.48. The summed E-state index contributed by atoms with van der Waals surface area (Å²) in [6.45, 7) is 5.88. The van der Waals surface area contributed by atoms with Crippen LogP contribution in [0.4, 0.5) is 0 Å². The van der Waals surface area contributed by atoms with Gasteiger partial charge in [0, 0.05) is 18.6 Å². The smallest absolute Gasteiger partial charge is 0.232 e. The molecule has 2 N–H and O–H groups in total. The topological polar surface area (TPSA) is 55.6 Å². The third-order valence-corrected chi connectivity index (χ3v) is 3.72. The lowest BCUT2D eigenvalue weighted by Crippen LogP contribution is -2.52. The zero-order valence-corrected chi connectivity index (χ0v) is 10.2. The summed E-state index contributed by atoms with van der Waals surface area (Å²) in [5.41, 5.74) is 5.49. The number of amides is 1. The zero-order valence-electron chi connectivity index (χ0n) is 10.2. The molecule has 0 bridgehead atoms. The number of carbonyl (C=O) groups excluding carboxylic acids is 1. The number of rotatable bonds is 4. The quantitative estimate of drug-likeness (QED) is 0.769. The Kier molecular flexibility index (Phi) is 3.22. The molecule has 92 valence electrons. The maximum Gasteiger partial charge on any atom is 0.232 e. The van der Waals surface area contributed by atoms with Crippen molar-refractivity contribution >= 4 is 5.91 Å². The highest BCUT2D eigenvalue weighted by molar-refractivity contribution is 5.84. The van der Waals surface area contributed by atoms with Gasteiger partial charge in [0.2, 0.25) is 5.91 Å². The fourth-order valence-electron chi connectivity index (χ4n) is 2.31. The summed E-state index contributed by atoms with van der Waals surface area (Å²) in [5.74, 6) is 0.196. The first-order valence-electron chi connectivity index (χ1n) is 6.24. The van der Waals surface area contributed by atoms with Crippen molar-refractivity contribution in [2.45, 2.75) is 45.2 Å². The predicted octanol–water partition coefficient (Wildman–Crippen LogP) is 0.751. The van der Waals surface area contributed by atoms with Gasteiger partial charge in [-0.1, -0.05) is 6.92 Å². The van der Waals surface area contributed by atoms with Crippen LogP contribution >= 0.6 is 0 Å². The van der Waals surface area contributed by atoms with Gasteiger partial charge in [-0.25, -0.2) is 0 Å². The van der Waals surface area contributed by atoms with Crippen molar-refractivity contribution in [2.75, 3.05) is 19.8 Å². The van der Waals surface area contributed by atoms with E-state index in [1.807, 2.05) is 11.8 Å². The van der Waals surface area contributed by atoms with Crippen molar-refractivity contribution in [3.63, 3.8) is 0 Å². The molecule has 1 aliphatic carbocycles. The molecule has 0 aromatic rings. The highest BCUT2D eigenvalue weighted by Crippen LogP contribution is 2.35. The van der Waals surface area contributed by atoms with Crippen LogP contribution in [-0.4, -0.2) is 42.6 Å². The van der Waals surface area contributed by atoms with Crippen LogP contribution in [0.15, 0.2) is 0 Å². The first-order valence-corrected chi connectivity index (χ1v) is 6.24. The lowest BCUT2D eigenvalue weighted by molar-refractivity contribution is -0.142. The standard InChI is InChI=1S/C12H22N2O2/c1-3-6-14(9-4-5-9)11(15)12(2)8-16-7-10(12)13/h9-10H,3-8,13H2,1-2H3. The Morgan fingerprint density at radius 3 is 2.69 bits per heavy atom. The molecule has 16 heavy (non-hydrogen) atoms. The molecule has 1 saturated heterocycles.